The maximum atomic E-state index is 10.8. The third-order valence-corrected chi connectivity index (χ3v) is 2.31. The van der Waals surface area contributed by atoms with Gasteiger partial charge in [0.1, 0.15) is 0 Å². The molecule has 0 aliphatic rings. The molecule has 4 nitrogen and oxygen atoms in total. The first kappa shape index (κ1) is 11.0. The summed E-state index contributed by atoms with van der Waals surface area (Å²) in [6, 6.07) is 4.67. The third kappa shape index (κ3) is 2.69. The second-order valence-corrected chi connectivity index (χ2v) is 3.92. The lowest BCUT2D eigenvalue weighted by Crippen LogP contribution is -2.08. The van der Waals surface area contributed by atoms with Crippen LogP contribution in [-0.2, 0) is 11.2 Å². The van der Waals surface area contributed by atoms with E-state index < -0.39 is 11.9 Å². The highest BCUT2D eigenvalue weighted by Gasteiger charge is 2.12. The quantitative estimate of drug-likeness (QED) is 0.832. The molecule has 0 aromatic heterocycles. The standard InChI is InChI=1S/C9H7IO4/c10-6-2-1-5(3-8(11)12)7(4-6)9(13)14/h1-2,4H,3H2,(H,11,12)(H,13,14). The van der Waals surface area contributed by atoms with Gasteiger partial charge < -0.3 is 10.2 Å². The second kappa shape index (κ2) is 4.41. The van der Waals surface area contributed by atoms with E-state index in [0.717, 1.165) is 3.57 Å². The Morgan fingerprint density at radius 1 is 1.29 bits per heavy atom. The summed E-state index contributed by atoms with van der Waals surface area (Å²) in [5.41, 5.74) is 0.379. The number of aliphatic carboxylic acids is 1. The zero-order valence-corrected chi connectivity index (χ0v) is 9.19. The molecule has 0 aliphatic carbocycles. The average Bonchev–Trinajstić information content (AvgIpc) is 2.07. The molecule has 0 atom stereocenters. The molecular weight excluding hydrogens is 299 g/mol. The molecule has 14 heavy (non-hydrogen) atoms. The van der Waals surface area contributed by atoms with Crippen molar-refractivity contribution in [1.29, 1.82) is 0 Å². The molecule has 0 heterocycles. The van der Waals surface area contributed by atoms with E-state index in [1.807, 2.05) is 22.6 Å². The van der Waals surface area contributed by atoms with Gasteiger partial charge in [0, 0.05) is 3.57 Å². The fourth-order valence-electron chi connectivity index (χ4n) is 1.06. The Balaban J connectivity index is 3.14. The highest BCUT2D eigenvalue weighted by Crippen LogP contribution is 2.14. The van der Waals surface area contributed by atoms with Crippen LogP contribution < -0.4 is 0 Å². The normalized spacial score (nSPS) is 9.79. The van der Waals surface area contributed by atoms with Gasteiger partial charge in [-0.15, -0.1) is 0 Å². The molecule has 0 aliphatic heterocycles. The van der Waals surface area contributed by atoms with Crippen LogP contribution in [0.25, 0.3) is 0 Å². The van der Waals surface area contributed by atoms with Crippen LogP contribution in [-0.4, -0.2) is 22.2 Å². The molecule has 0 spiro atoms. The highest BCUT2D eigenvalue weighted by atomic mass is 127. The lowest BCUT2D eigenvalue weighted by molar-refractivity contribution is -0.136. The van der Waals surface area contributed by atoms with Crippen LogP contribution in [0.15, 0.2) is 18.2 Å². The fourth-order valence-corrected chi connectivity index (χ4v) is 1.56. The molecule has 0 radical (unpaired) electrons. The Morgan fingerprint density at radius 3 is 2.43 bits per heavy atom. The Hall–Kier alpha value is -1.11. The fraction of sp³-hybridized carbons (Fsp3) is 0.111. The van der Waals surface area contributed by atoms with Gasteiger partial charge in [-0.25, -0.2) is 4.79 Å². The van der Waals surface area contributed by atoms with Crippen LogP contribution in [0, 0.1) is 3.57 Å². The zero-order valence-electron chi connectivity index (χ0n) is 7.03. The minimum Gasteiger partial charge on any atom is -0.481 e. The van der Waals surface area contributed by atoms with Crippen LogP contribution in [0.4, 0.5) is 0 Å². The Labute approximate surface area is 93.7 Å². The first-order chi connectivity index (χ1) is 6.50. The molecule has 1 aromatic carbocycles. The van der Waals surface area contributed by atoms with Crippen LogP contribution >= 0.6 is 22.6 Å². The van der Waals surface area contributed by atoms with Crippen LogP contribution in [0.2, 0.25) is 0 Å². The maximum Gasteiger partial charge on any atom is 0.336 e. The van der Waals surface area contributed by atoms with Gasteiger partial charge in [0.05, 0.1) is 12.0 Å². The summed E-state index contributed by atoms with van der Waals surface area (Å²) in [7, 11) is 0. The number of hydrogen-bond donors (Lipinski definition) is 2. The van der Waals surface area contributed by atoms with Gasteiger partial charge in [-0.1, -0.05) is 6.07 Å². The van der Waals surface area contributed by atoms with Gasteiger partial charge in [0.15, 0.2) is 0 Å². The summed E-state index contributed by atoms with van der Waals surface area (Å²) in [4.78, 5) is 21.2. The molecule has 1 rings (SSSR count). The van der Waals surface area contributed by atoms with Gasteiger partial charge in [-0.3, -0.25) is 4.79 Å². The van der Waals surface area contributed by atoms with Gasteiger partial charge >= 0.3 is 11.9 Å². The van der Waals surface area contributed by atoms with E-state index in [1.165, 1.54) is 12.1 Å². The van der Waals surface area contributed by atoms with Gasteiger partial charge in [-0.05, 0) is 40.3 Å². The third-order valence-electron chi connectivity index (χ3n) is 1.64. The van der Waals surface area contributed by atoms with Crippen molar-refractivity contribution >= 4 is 34.5 Å². The summed E-state index contributed by atoms with van der Waals surface area (Å²) in [6.45, 7) is 0. The van der Waals surface area contributed by atoms with Crippen LogP contribution in [0.1, 0.15) is 15.9 Å². The molecule has 0 saturated heterocycles. The van der Waals surface area contributed by atoms with Crippen molar-refractivity contribution in [3.05, 3.63) is 32.9 Å². The Kier molecular flexibility index (Phi) is 3.45. The van der Waals surface area contributed by atoms with E-state index in [9.17, 15) is 9.59 Å². The van der Waals surface area contributed by atoms with E-state index in [4.69, 9.17) is 10.2 Å². The summed E-state index contributed by atoms with van der Waals surface area (Å²) in [6.07, 6.45) is -0.265. The molecule has 0 bridgehead atoms. The smallest absolute Gasteiger partial charge is 0.336 e. The monoisotopic (exact) mass is 306 g/mol. The van der Waals surface area contributed by atoms with Gasteiger partial charge in [0.2, 0.25) is 0 Å². The van der Waals surface area contributed by atoms with E-state index in [-0.39, 0.29) is 12.0 Å². The van der Waals surface area contributed by atoms with Crippen molar-refractivity contribution in [3.8, 4) is 0 Å². The maximum absolute atomic E-state index is 10.8. The minimum atomic E-state index is -1.10. The number of carboxylic acid groups (broad SMARTS) is 2. The number of carboxylic acids is 2. The zero-order chi connectivity index (χ0) is 10.7. The van der Waals surface area contributed by atoms with Crippen molar-refractivity contribution < 1.29 is 19.8 Å². The van der Waals surface area contributed by atoms with Crippen LogP contribution in [0.5, 0.6) is 0 Å². The lowest BCUT2D eigenvalue weighted by Gasteiger charge is -2.03. The molecule has 0 saturated carbocycles. The average molecular weight is 306 g/mol. The SMILES string of the molecule is O=C(O)Cc1ccc(I)cc1C(=O)O. The number of halogens is 1. The number of benzene rings is 1. The van der Waals surface area contributed by atoms with Gasteiger partial charge in [-0.2, -0.15) is 0 Å². The van der Waals surface area contributed by atoms with Gasteiger partial charge in [0.25, 0.3) is 0 Å². The molecule has 0 amide bonds. The van der Waals surface area contributed by atoms with Crippen molar-refractivity contribution in [3.63, 3.8) is 0 Å². The minimum absolute atomic E-state index is 0.0549. The number of rotatable bonds is 3. The highest BCUT2D eigenvalue weighted by molar-refractivity contribution is 14.1. The number of aromatic carboxylic acids is 1. The van der Waals surface area contributed by atoms with Crippen LogP contribution in [0.3, 0.4) is 0 Å². The Bertz CT molecular complexity index is 386. The molecular formula is C9H7IO4. The largest absolute Gasteiger partial charge is 0.481 e. The summed E-state index contributed by atoms with van der Waals surface area (Å²) in [5.74, 6) is -2.13. The molecule has 0 fully saturated rings. The summed E-state index contributed by atoms with van der Waals surface area (Å²) >= 11 is 1.98. The van der Waals surface area contributed by atoms with Crippen molar-refractivity contribution in [2.75, 3.05) is 0 Å². The molecule has 2 N–H and O–H groups in total. The van der Waals surface area contributed by atoms with Crippen molar-refractivity contribution in [2.24, 2.45) is 0 Å². The Morgan fingerprint density at radius 2 is 1.93 bits per heavy atom. The summed E-state index contributed by atoms with van der Waals surface area (Å²) < 4.78 is 0.772. The molecule has 74 valence electrons. The van der Waals surface area contributed by atoms with E-state index in [0.29, 0.717) is 5.56 Å². The molecule has 1 aromatic rings. The van der Waals surface area contributed by atoms with E-state index >= 15 is 0 Å². The number of carbonyl (C=O) groups is 2. The summed E-state index contributed by atoms with van der Waals surface area (Å²) in [5, 5.41) is 17.4. The number of hydrogen-bond acceptors (Lipinski definition) is 2. The lowest BCUT2D eigenvalue weighted by atomic mass is 10.1. The predicted octanol–water partition coefficient (Wildman–Crippen LogP) is 1.62. The van der Waals surface area contributed by atoms with E-state index in [2.05, 4.69) is 0 Å². The predicted molar refractivity (Wildman–Crippen MR) is 57.5 cm³/mol. The van der Waals surface area contributed by atoms with Crippen molar-refractivity contribution in [2.45, 2.75) is 6.42 Å². The first-order valence-corrected chi connectivity index (χ1v) is 4.82. The molecule has 5 heteroatoms. The van der Waals surface area contributed by atoms with E-state index in [1.54, 1.807) is 6.07 Å². The van der Waals surface area contributed by atoms with Crippen molar-refractivity contribution in [1.82, 2.24) is 0 Å². The molecule has 0 unspecified atom stereocenters. The first-order valence-electron chi connectivity index (χ1n) is 3.74. The topological polar surface area (TPSA) is 74.6 Å². The second-order valence-electron chi connectivity index (χ2n) is 2.68.